The van der Waals surface area contributed by atoms with Gasteiger partial charge in [0.1, 0.15) is 5.82 Å². The first-order valence-corrected chi connectivity index (χ1v) is 8.88. The quantitative estimate of drug-likeness (QED) is 0.835. The van der Waals surface area contributed by atoms with E-state index >= 15 is 0 Å². The average molecular weight is 304 g/mol. The minimum absolute atomic E-state index is 0.139. The van der Waals surface area contributed by atoms with Gasteiger partial charge in [0.05, 0.1) is 0 Å². The molecule has 0 radical (unpaired) electrons. The summed E-state index contributed by atoms with van der Waals surface area (Å²) < 4.78 is 13.0. The molecule has 0 saturated carbocycles. The number of halogens is 1. The molecule has 2 heterocycles. The van der Waals surface area contributed by atoms with Crippen molar-refractivity contribution in [2.75, 3.05) is 32.7 Å². The van der Waals surface area contributed by atoms with Gasteiger partial charge < -0.3 is 4.90 Å². The third-order valence-corrected chi connectivity index (χ3v) is 5.32. The Hall–Kier alpha value is -0.930. The summed E-state index contributed by atoms with van der Waals surface area (Å²) in [6, 6.07) is 6.99. The first-order chi connectivity index (χ1) is 10.7. The molecule has 2 aliphatic heterocycles. The number of rotatable bonds is 4. The lowest BCUT2D eigenvalue weighted by atomic mass is 9.94. The highest BCUT2D eigenvalue weighted by molar-refractivity contribution is 5.15. The number of nitrogens with zero attached hydrogens (tertiary/aromatic N) is 2. The average Bonchev–Trinajstić information content (AvgIpc) is 2.52. The number of piperidine rings is 2. The summed E-state index contributed by atoms with van der Waals surface area (Å²) in [6.07, 6.45) is 5.40. The van der Waals surface area contributed by atoms with E-state index in [1.165, 1.54) is 64.0 Å². The van der Waals surface area contributed by atoms with Crippen molar-refractivity contribution >= 4 is 0 Å². The molecule has 2 aliphatic rings. The van der Waals surface area contributed by atoms with Crippen molar-refractivity contribution in [2.24, 2.45) is 11.8 Å². The van der Waals surface area contributed by atoms with Gasteiger partial charge in [-0.25, -0.2) is 4.39 Å². The van der Waals surface area contributed by atoms with Gasteiger partial charge in [-0.1, -0.05) is 19.1 Å². The highest BCUT2D eigenvalue weighted by Gasteiger charge is 2.24. The molecule has 0 N–H and O–H groups in total. The second-order valence-electron chi connectivity index (χ2n) is 7.35. The predicted octanol–water partition coefficient (Wildman–Crippen LogP) is 3.77. The van der Waals surface area contributed by atoms with Crippen molar-refractivity contribution in [3.63, 3.8) is 0 Å². The van der Waals surface area contributed by atoms with Crippen LogP contribution in [0.25, 0.3) is 0 Å². The molecule has 0 amide bonds. The Balaban J connectivity index is 1.47. The Morgan fingerprint density at radius 3 is 2.45 bits per heavy atom. The standard InChI is InChI=1S/C19H29FN2/c1-16-8-11-21(12-9-16)14-18-3-2-10-22(15-18)13-17-4-6-19(20)7-5-17/h4-7,16,18H,2-3,8-15H2,1H3. The zero-order valence-electron chi connectivity index (χ0n) is 13.8. The zero-order valence-corrected chi connectivity index (χ0v) is 13.8. The lowest BCUT2D eigenvalue weighted by Gasteiger charge is -2.37. The molecule has 22 heavy (non-hydrogen) atoms. The van der Waals surface area contributed by atoms with E-state index in [0.717, 1.165) is 18.4 Å². The SMILES string of the molecule is CC1CCN(CC2CCCN(Cc3ccc(F)cc3)C2)CC1. The highest BCUT2D eigenvalue weighted by atomic mass is 19.1. The van der Waals surface area contributed by atoms with E-state index in [2.05, 4.69) is 16.7 Å². The number of benzene rings is 1. The molecule has 2 nitrogen and oxygen atoms in total. The number of likely N-dealkylation sites (tertiary alicyclic amines) is 2. The summed E-state index contributed by atoms with van der Waals surface area (Å²) in [4.78, 5) is 5.22. The zero-order chi connectivity index (χ0) is 15.4. The van der Waals surface area contributed by atoms with Crippen molar-refractivity contribution in [2.45, 2.75) is 39.2 Å². The van der Waals surface area contributed by atoms with Crippen LogP contribution in [0.15, 0.2) is 24.3 Å². The van der Waals surface area contributed by atoms with Gasteiger partial charge in [-0.2, -0.15) is 0 Å². The highest BCUT2D eigenvalue weighted by Crippen LogP contribution is 2.22. The maximum absolute atomic E-state index is 13.0. The summed E-state index contributed by atoms with van der Waals surface area (Å²) in [7, 11) is 0. The Morgan fingerprint density at radius 1 is 1.00 bits per heavy atom. The first-order valence-electron chi connectivity index (χ1n) is 8.88. The second-order valence-corrected chi connectivity index (χ2v) is 7.35. The molecule has 3 heteroatoms. The van der Waals surface area contributed by atoms with Crippen LogP contribution in [0, 0.1) is 17.7 Å². The topological polar surface area (TPSA) is 6.48 Å². The summed E-state index contributed by atoms with van der Waals surface area (Å²) in [5, 5.41) is 0. The molecule has 1 unspecified atom stereocenters. The van der Waals surface area contributed by atoms with Crippen LogP contribution < -0.4 is 0 Å². The Labute approximate surface area is 134 Å². The van der Waals surface area contributed by atoms with E-state index in [1.54, 1.807) is 12.1 Å². The van der Waals surface area contributed by atoms with Gasteiger partial charge in [0.15, 0.2) is 0 Å². The molecule has 3 rings (SSSR count). The molecular formula is C19H29FN2. The van der Waals surface area contributed by atoms with Crippen molar-refractivity contribution in [3.05, 3.63) is 35.6 Å². The summed E-state index contributed by atoms with van der Waals surface area (Å²) >= 11 is 0. The fourth-order valence-electron chi connectivity index (χ4n) is 3.90. The number of hydrogen-bond acceptors (Lipinski definition) is 2. The fourth-order valence-corrected chi connectivity index (χ4v) is 3.90. The van der Waals surface area contributed by atoms with Crippen LogP contribution in [-0.4, -0.2) is 42.5 Å². The lowest BCUT2D eigenvalue weighted by Crippen LogP contribution is -2.42. The van der Waals surface area contributed by atoms with Crippen LogP contribution in [0.3, 0.4) is 0 Å². The fraction of sp³-hybridized carbons (Fsp3) is 0.684. The van der Waals surface area contributed by atoms with E-state index in [0.29, 0.717) is 0 Å². The molecule has 0 aliphatic carbocycles. The van der Waals surface area contributed by atoms with E-state index in [-0.39, 0.29) is 5.82 Å². The van der Waals surface area contributed by atoms with Crippen LogP contribution >= 0.6 is 0 Å². The van der Waals surface area contributed by atoms with Crippen molar-refractivity contribution in [1.29, 1.82) is 0 Å². The smallest absolute Gasteiger partial charge is 0.123 e. The minimum Gasteiger partial charge on any atom is -0.303 e. The van der Waals surface area contributed by atoms with Gasteiger partial charge in [0, 0.05) is 19.6 Å². The molecule has 122 valence electrons. The normalized spacial score (nSPS) is 25.5. The van der Waals surface area contributed by atoms with Gasteiger partial charge >= 0.3 is 0 Å². The Bertz CT molecular complexity index is 451. The Kier molecular flexibility index (Phi) is 5.48. The van der Waals surface area contributed by atoms with Gasteiger partial charge in [-0.3, -0.25) is 4.90 Å². The third-order valence-electron chi connectivity index (χ3n) is 5.32. The van der Waals surface area contributed by atoms with Crippen LogP contribution in [0.2, 0.25) is 0 Å². The van der Waals surface area contributed by atoms with Crippen LogP contribution in [0.1, 0.15) is 38.2 Å². The molecule has 2 saturated heterocycles. The third kappa shape index (κ3) is 4.53. The molecule has 1 atom stereocenters. The van der Waals surface area contributed by atoms with E-state index in [4.69, 9.17) is 0 Å². The summed E-state index contributed by atoms with van der Waals surface area (Å²) in [6.45, 7) is 9.57. The van der Waals surface area contributed by atoms with Gasteiger partial charge in [-0.05, 0) is 74.8 Å². The monoisotopic (exact) mass is 304 g/mol. The molecule has 0 spiro atoms. The van der Waals surface area contributed by atoms with Gasteiger partial charge in [0.2, 0.25) is 0 Å². The maximum atomic E-state index is 13.0. The molecular weight excluding hydrogens is 275 g/mol. The van der Waals surface area contributed by atoms with Gasteiger partial charge in [-0.15, -0.1) is 0 Å². The molecule has 0 aromatic heterocycles. The second kappa shape index (κ2) is 7.56. The molecule has 1 aromatic rings. The van der Waals surface area contributed by atoms with E-state index in [9.17, 15) is 4.39 Å². The summed E-state index contributed by atoms with van der Waals surface area (Å²) in [5.41, 5.74) is 1.23. The maximum Gasteiger partial charge on any atom is 0.123 e. The predicted molar refractivity (Wildman–Crippen MR) is 89.2 cm³/mol. The van der Waals surface area contributed by atoms with Gasteiger partial charge in [0.25, 0.3) is 0 Å². The Morgan fingerprint density at radius 2 is 1.73 bits per heavy atom. The van der Waals surface area contributed by atoms with E-state index in [1.807, 2.05) is 12.1 Å². The van der Waals surface area contributed by atoms with Crippen LogP contribution in [0.5, 0.6) is 0 Å². The lowest BCUT2D eigenvalue weighted by molar-refractivity contribution is 0.109. The first kappa shape index (κ1) is 15.9. The van der Waals surface area contributed by atoms with Crippen LogP contribution in [-0.2, 0) is 6.54 Å². The van der Waals surface area contributed by atoms with E-state index < -0.39 is 0 Å². The molecule has 2 fully saturated rings. The largest absolute Gasteiger partial charge is 0.303 e. The summed E-state index contributed by atoms with van der Waals surface area (Å²) in [5.74, 6) is 1.58. The number of hydrogen-bond donors (Lipinski definition) is 0. The molecule has 0 bridgehead atoms. The molecule has 1 aromatic carbocycles. The van der Waals surface area contributed by atoms with Crippen LogP contribution in [0.4, 0.5) is 4.39 Å². The minimum atomic E-state index is -0.139. The van der Waals surface area contributed by atoms with Crippen molar-refractivity contribution in [1.82, 2.24) is 9.80 Å². The van der Waals surface area contributed by atoms with Crippen molar-refractivity contribution < 1.29 is 4.39 Å². The van der Waals surface area contributed by atoms with Crippen molar-refractivity contribution in [3.8, 4) is 0 Å².